The van der Waals surface area contributed by atoms with Gasteiger partial charge in [-0.25, -0.2) is 0 Å². The molecule has 0 aromatic carbocycles. The molecule has 3 N–H and O–H groups in total. The van der Waals surface area contributed by atoms with Crippen LogP contribution >= 0.6 is 0 Å². The summed E-state index contributed by atoms with van der Waals surface area (Å²) in [6.45, 7) is 8.89. The molecule has 2 nitrogen and oxygen atoms in total. The summed E-state index contributed by atoms with van der Waals surface area (Å²) in [6, 6.07) is 0. The van der Waals surface area contributed by atoms with Crippen LogP contribution in [-0.2, 0) is 0 Å². The van der Waals surface area contributed by atoms with E-state index in [1.165, 1.54) is 32.1 Å². The quantitative estimate of drug-likeness (QED) is 0.680. The molecule has 0 radical (unpaired) electrons. The van der Waals surface area contributed by atoms with Crippen molar-refractivity contribution >= 4 is 0 Å². The van der Waals surface area contributed by atoms with Crippen LogP contribution < -0.4 is 11.1 Å². The largest absolute Gasteiger partial charge is 0.330 e. The second-order valence-corrected chi connectivity index (χ2v) is 5.86. The minimum Gasteiger partial charge on any atom is -0.330 e. The fraction of sp³-hybridized carbons (Fsp3) is 1.00. The van der Waals surface area contributed by atoms with E-state index >= 15 is 0 Å². The second-order valence-electron chi connectivity index (χ2n) is 5.86. The zero-order chi connectivity index (χ0) is 11.3. The lowest BCUT2D eigenvalue weighted by atomic mass is 9.78. The van der Waals surface area contributed by atoms with Crippen molar-refractivity contribution in [3.05, 3.63) is 0 Å². The Labute approximate surface area is 95.0 Å². The fourth-order valence-corrected chi connectivity index (χ4v) is 2.46. The molecule has 1 saturated carbocycles. The molecule has 0 heterocycles. The van der Waals surface area contributed by atoms with Gasteiger partial charge in [-0.15, -0.1) is 0 Å². The Morgan fingerprint density at radius 1 is 1.33 bits per heavy atom. The van der Waals surface area contributed by atoms with Gasteiger partial charge in [0.25, 0.3) is 0 Å². The van der Waals surface area contributed by atoms with E-state index in [4.69, 9.17) is 5.73 Å². The number of nitrogens with one attached hydrogen (secondary N) is 1. The molecule has 1 fully saturated rings. The Morgan fingerprint density at radius 2 is 2.00 bits per heavy atom. The van der Waals surface area contributed by atoms with Crippen LogP contribution in [0.5, 0.6) is 0 Å². The van der Waals surface area contributed by atoms with Crippen molar-refractivity contribution in [3.8, 4) is 0 Å². The average Bonchev–Trinajstić information content (AvgIpc) is 2.13. The zero-order valence-electron chi connectivity index (χ0n) is 10.7. The maximum atomic E-state index is 5.79. The number of rotatable bonds is 7. The first-order chi connectivity index (χ1) is 7.06. The molecule has 0 saturated heterocycles. The first kappa shape index (κ1) is 13.0. The molecule has 1 aliphatic rings. The Hall–Kier alpha value is -0.0800. The van der Waals surface area contributed by atoms with Gasteiger partial charge in [0.05, 0.1) is 0 Å². The van der Waals surface area contributed by atoms with Gasteiger partial charge >= 0.3 is 0 Å². The van der Waals surface area contributed by atoms with Crippen LogP contribution in [0.25, 0.3) is 0 Å². The van der Waals surface area contributed by atoms with E-state index in [1.807, 2.05) is 0 Å². The third-order valence-electron chi connectivity index (χ3n) is 3.70. The Morgan fingerprint density at radius 3 is 2.40 bits per heavy atom. The van der Waals surface area contributed by atoms with Gasteiger partial charge in [-0.1, -0.05) is 13.8 Å². The zero-order valence-corrected chi connectivity index (χ0v) is 10.7. The lowest BCUT2D eigenvalue weighted by Crippen LogP contribution is -2.48. The van der Waals surface area contributed by atoms with E-state index < -0.39 is 0 Å². The summed E-state index contributed by atoms with van der Waals surface area (Å²) in [7, 11) is 0. The molecule has 0 spiro atoms. The minimum absolute atomic E-state index is 0.455. The molecular formula is C13H28N2. The highest BCUT2D eigenvalue weighted by Crippen LogP contribution is 2.30. The molecule has 1 atom stereocenters. The third kappa shape index (κ3) is 4.52. The molecule has 2 heteroatoms. The highest BCUT2D eigenvalue weighted by Gasteiger charge is 2.30. The molecule has 1 unspecified atom stereocenters. The number of hydrogen-bond donors (Lipinski definition) is 2. The molecule has 15 heavy (non-hydrogen) atoms. The van der Waals surface area contributed by atoms with Gasteiger partial charge in [0.15, 0.2) is 0 Å². The van der Waals surface area contributed by atoms with Crippen molar-refractivity contribution in [2.24, 2.45) is 17.6 Å². The highest BCUT2D eigenvalue weighted by atomic mass is 15.0. The van der Waals surface area contributed by atoms with E-state index in [-0.39, 0.29) is 0 Å². The summed E-state index contributed by atoms with van der Waals surface area (Å²) in [6.07, 6.45) is 6.62. The van der Waals surface area contributed by atoms with Gasteiger partial charge in [-0.3, -0.25) is 0 Å². The standard InChI is InChI=1S/C13H28N2/c1-11(2)9-12(10-14)5-8-15-13(3)6-4-7-13/h11-12,15H,4-10,14H2,1-3H3. The van der Waals surface area contributed by atoms with Crippen LogP contribution in [0.2, 0.25) is 0 Å². The predicted octanol–water partition coefficient (Wildman–Crippen LogP) is 2.53. The molecule has 0 aliphatic heterocycles. The van der Waals surface area contributed by atoms with Gasteiger partial charge in [0.2, 0.25) is 0 Å². The topological polar surface area (TPSA) is 38.0 Å². The second kappa shape index (κ2) is 5.86. The third-order valence-corrected chi connectivity index (χ3v) is 3.70. The molecule has 0 bridgehead atoms. The molecule has 0 amide bonds. The Bertz CT molecular complexity index is 173. The Balaban J connectivity index is 2.11. The fourth-order valence-electron chi connectivity index (χ4n) is 2.46. The summed E-state index contributed by atoms with van der Waals surface area (Å²) in [5.74, 6) is 1.49. The van der Waals surface area contributed by atoms with E-state index in [2.05, 4.69) is 26.1 Å². The van der Waals surface area contributed by atoms with Crippen molar-refractivity contribution in [3.63, 3.8) is 0 Å². The van der Waals surface area contributed by atoms with Gasteiger partial charge < -0.3 is 11.1 Å². The average molecular weight is 212 g/mol. The summed E-state index contributed by atoms with van der Waals surface area (Å²) in [5, 5.41) is 3.68. The lowest BCUT2D eigenvalue weighted by molar-refractivity contribution is 0.202. The van der Waals surface area contributed by atoms with Gasteiger partial charge in [0, 0.05) is 5.54 Å². The van der Waals surface area contributed by atoms with Crippen LogP contribution in [0.1, 0.15) is 52.9 Å². The normalized spacial score (nSPS) is 21.4. The molecular weight excluding hydrogens is 184 g/mol. The number of hydrogen-bond acceptors (Lipinski definition) is 2. The van der Waals surface area contributed by atoms with Crippen LogP contribution in [-0.4, -0.2) is 18.6 Å². The summed E-state index contributed by atoms with van der Waals surface area (Å²) >= 11 is 0. The SMILES string of the molecule is CC(C)CC(CN)CCNC1(C)CCC1. The molecule has 1 rings (SSSR count). The molecule has 1 aliphatic carbocycles. The van der Waals surface area contributed by atoms with E-state index in [0.29, 0.717) is 11.5 Å². The highest BCUT2D eigenvalue weighted by molar-refractivity contribution is 4.91. The monoisotopic (exact) mass is 212 g/mol. The van der Waals surface area contributed by atoms with E-state index in [9.17, 15) is 0 Å². The van der Waals surface area contributed by atoms with Gasteiger partial charge in [0.1, 0.15) is 0 Å². The van der Waals surface area contributed by atoms with Crippen molar-refractivity contribution in [1.29, 1.82) is 0 Å². The van der Waals surface area contributed by atoms with Crippen molar-refractivity contribution in [1.82, 2.24) is 5.32 Å². The van der Waals surface area contributed by atoms with Crippen LogP contribution in [0.15, 0.2) is 0 Å². The summed E-state index contributed by atoms with van der Waals surface area (Å²) < 4.78 is 0. The molecule has 0 aromatic rings. The van der Waals surface area contributed by atoms with Crippen molar-refractivity contribution in [2.75, 3.05) is 13.1 Å². The summed E-state index contributed by atoms with van der Waals surface area (Å²) in [5.41, 5.74) is 6.24. The van der Waals surface area contributed by atoms with E-state index in [0.717, 1.165) is 19.0 Å². The Kier molecular flexibility index (Phi) is 5.07. The van der Waals surface area contributed by atoms with Crippen molar-refractivity contribution < 1.29 is 0 Å². The van der Waals surface area contributed by atoms with E-state index in [1.54, 1.807) is 0 Å². The van der Waals surface area contributed by atoms with Crippen LogP contribution in [0.3, 0.4) is 0 Å². The smallest absolute Gasteiger partial charge is 0.0153 e. The maximum absolute atomic E-state index is 5.79. The first-order valence-corrected chi connectivity index (χ1v) is 6.51. The summed E-state index contributed by atoms with van der Waals surface area (Å²) in [4.78, 5) is 0. The lowest BCUT2D eigenvalue weighted by Gasteiger charge is -2.39. The van der Waals surface area contributed by atoms with Gasteiger partial charge in [-0.2, -0.15) is 0 Å². The van der Waals surface area contributed by atoms with Crippen LogP contribution in [0.4, 0.5) is 0 Å². The van der Waals surface area contributed by atoms with Gasteiger partial charge in [-0.05, 0) is 64.0 Å². The first-order valence-electron chi connectivity index (χ1n) is 6.51. The maximum Gasteiger partial charge on any atom is 0.0153 e. The van der Waals surface area contributed by atoms with Crippen molar-refractivity contribution in [2.45, 2.75) is 58.4 Å². The minimum atomic E-state index is 0.455. The molecule has 90 valence electrons. The van der Waals surface area contributed by atoms with Crippen LogP contribution in [0, 0.1) is 11.8 Å². The molecule has 0 aromatic heterocycles. The number of nitrogens with two attached hydrogens (primary N) is 1. The predicted molar refractivity (Wildman–Crippen MR) is 66.9 cm³/mol.